The van der Waals surface area contributed by atoms with Gasteiger partial charge in [-0.3, -0.25) is 0 Å². The molecule has 0 saturated carbocycles. The van der Waals surface area contributed by atoms with E-state index in [0.717, 1.165) is 18.6 Å². The van der Waals surface area contributed by atoms with Gasteiger partial charge in [-0.2, -0.15) is 0 Å². The van der Waals surface area contributed by atoms with Crippen LogP contribution in [-0.4, -0.2) is 27.7 Å². The molecule has 1 aromatic rings. The number of sulfonamides is 1. The second-order valence-corrected chi connectivity index (χ2v) is 6.88. The lowest BCUT2D eigenvalue weighted by Gasteiger charge is -2.23. The lowest BCUT2D eigenvalue weighted by molar-refractivity contribution is 0.0774. The molecule has 0 aromatic heterocycles. The third-order valence-electron chi connectivity index (χ3n) is 2.82. The van der Waals surface area contributed by atoms with Crippen molar-refractivity contribution in [3.05, 3.63) is 22.4 Å². The van der Waals surface area contributed by atoms with E-state index in [0.29, 0.717) is 19.6 Å². The van der Waals surface area contributed by atoms with Crippen molar-refractivity contribution in [2.45, 2.75) is 23.8 Å². The predicted octanol–water partition coefficient (Wildman–Crippen LogP) is 1.63. The van der Waals surface area contributed by atoms with E-state index in [-0.39, 0.29) is 21.1 Å². The lowest BCUT2D eigenvalue weighted by Crippen LogP contribution is -2.40. The van der Waals surface area contributed by atoms with Gasteiger partial charge in [0.2, 0.25) is 10.0 Å². The molecule has 0 radical (unpaired) electrons. The molecule has 0 spiro atoms. The first kappa shape index (κ1) is 14.7. The summed E-state index contributed by atoms with van der Waals surface area (Å²) in [5, 5.41) is 0. The van der Waals surface area contributed by atoms with E-state index in [1.54, 1.807) is 0 Å². The molecular formula is C11H14BrFN2O3S. The van der Waals surface area contributed by atoms with Gasteiger partial charge < -0.3 is 10.5 Å². The largest absolute Gasteiger partial charge is 0.398 e. The normalized spacial score (nSPS) is 20.4. The topological polar surface area (TPSA) is 81.4 Å². The number of halogens is 2. The number of hydrogen-bond donors (Lipinski definition) is 2. The van der Waals surface area contributed by atoms with Crippen molar-refractivity contribution in [1.29, 1.82) is 0 Å². The quantitative estimate of drug-likeness (QED) is 0.810. The van der Waals surface area contributed by atoms with Crippen LogP contribution in [0, 0.1) is 5.82 Å². The molecule has 0 amide bonds. The molecule has 1 aliphatic heterocycles. The van der Waals surface area contributed by atoms with Crippen molar-refractivity contribution < 1.29 is 17.5 Å². The minimum atomic E-state index is -3.78. The van der Waals surface area contributed by atoms with Crippen LogP contribution in [0.3, 0.4) is 0 Å². The van der Waals surface area contributed by atoms with Crippen molar-refractivity contribution >= 4 is 31.6 Å². The fourth-order valence-electron chi connectivity index (χ4n) is 1.89. The zero-order valence-corrected chi connectivity index (χ0v) is 12.4. The van der Waals surface area contributed by atoms with Crippen molar-refractivity contribution in [2.75, 3.05) is 18.9 Å². The van der Waals surface area contributed by atoms with E-state index in [1.165, 1.54) is 0 Å². The number of hydrogen-bond acceptors (Lipinski definition) is 4. The Bertz CT molecular complexity index is 574. The minimum Gasteiger partial charge on any atom is -0.398 e. The number of rotatable bonds is 3. The molecule has 0 aliphatic carbocycles. The van der Waals surface area contributed by atoms with Crippen LogP contribution in [0.5, 0.6) is 0 Å². The molecule has 1 aliphatic rings. The first-order valence-corrected chi connectivity index (χ1v) is 8.02. The fraction of sp³-hybridized carbons (Fsp3) is 0.455. The molecule has 1 fully saturated rings. The Kier molecular flexibility index (Phi) is 4.44. The number of ether oxygens (including phenoxy) is 1. The second-order valence-electron chi connectivity index (χ2n) is 4.34. The average molecular weight is 353 g/mol. The minimum absolute atomic E-state index is 0.0574. The maximum Gasteiger partial charge on any atom is 0.242 e. The van der Waals surface area contributed by atoms with E-state index in [9.17, 15) is 12.8 Å². The Morgan fingerprint density at radius 2 is 2.21 bits per heavy atom. The van der Waals surface area contributed by atoms with E-state index in [2.05, 4.69) is 20.7 Å². The first-order chi connectivity index (χ1) is 8.90. The molecule has 1 heterocycles. The molecule has 8 heteroatoms. The molecule has 3 N–H and O–H groups in total. The second kappa shape index (κ2) is 5.74. The Morgan fingerprint density at radius 1 is 1.47 bits per heavy atom. The highest BCUT2D eigenvalue weighted by atomic mass is 79.9. The maximum absolute atomic E-state index is 13.2. The van der Waals surface area contributed by atoms with Gasteiger partial charge in [0.1, 0.15) is 10.7 Å². The zero-order valence-electron chi connectivity index (χ0n) is 10.0. The summed E-state index contributed by atoms with van der Waals surface area (Å²) in [5.74, 6) is -0.600. The van der Waals surface area contributed by atoms with Gasteiger partial charge in [0, 0.05) is 12.6 Å². The molecule has 1 atom stereocenters. The summed E-state index contributed by atoms with van der Waals surface area (Å²) in [6.07, 6.45) is 1.51. The number of nitrogens with two attached hydrogens (primary N) is 1. The van der Waals surface area contributed by atoms with Crippen LogP contribution in [-0.2, 0) is 14.8 Å². The highest BCUT2D eigenvalue weighted by Crippen LogP contribution is 2.26. The van der Waals surface area contributed by atoms with Crippen LogP contribution in [0.15, 0.2) is 21.5 Å². The van der Waals surface area contributed by atoms with Gasteiger partial charge in [-0.25, -0.2) is 17.5 Å². The smallest absolute Gasteiger partial charge is 0.242 e. The van der Waals surface area contributed by atoms with Crippen molar-refractivity contribution in [2.24, 2.45) is 0 Å². The van der Waals surface area contributed by atoms with Gasteiger partial charge >= 0.3 is 0 Å². The van der Waals surface area contributed by atoms with Crippen LogP contribution in [0.4, 0.5) is 10.1 Å². The van der Waals surface area contributed by atoms with Gasteiger partial charge in [-0.05, 0) is 40.9 Å². The van der Waals surface area contributed by atoms with E-state index in [1.807, 2.05) is 0 Å². The van der Waals surface area contributed by atoms with Crippen LogP contribution < -0.4 is 10.5 Å². The Hall–Kier alpha value is -0.700. The number of anilines is 1. The fourth-order valence-corrected chi connectivity index (χ4v) is 3.78. The maximum atomic E-state index is 13.2. The van der Waals surface area contributed by atoms with E-state index >= 15 is 0 Å². The molecule has 0 bridgehead atoms. The summed E-state index contributed by atoms with van der Waals surface area (Å²) in [6.45, 7) is 0.976. The van der Waals surface area contributed by atoms with Crippen LogP contribution >= 0.6 is 15.9 Å². The standard InChI is InChI=1S/C11H14BrFN2O3S/c12-8-4-11(10(14)5-9(8)13)19(16,17)15-7-2-1-3-18-6-7/h4-5,7,15H,1-3,6,14H2. The Labute approximate surface area is 119 Å². The first-order valence-electron chi connectivity index (χ1n) is 5.75. The Balaban J connectivity index is 2.26. The lowest BCUT2D eigenvalue weighted by atomic mass is 10.1. The molecule has 19 heavy (non-hydrogen) atoms. The van der Waals surface area contributed by atoms with Gasteiger partial charge in [0.25, 0.3) is 0 Å². The number of benzene rings is 1. The van der Waals surface area contributed by atoms with Crippen LogP contribution in [0.1, 0.15) is 12.8 Å². The third-order valence-corrected chi connectivity index (χ3v) is 5.01. The summed E-state index contributed by atoms with van der Waals surface area (Å²) in [5.41, 5.74) is 5.45. The van der Waals surface area contributed by atoms with Crippen LogP contribution in [0.2, 0.25) is 0 Å². The van der Waals surface area contributed by atoms with Gasteiger partial charge in [-0.1, -0.05) is 0 Å². The average Bonchev–Trinajstić information content (AvgIpc) is 2.34. The number of nitrogen functional groups attached to an aromatic ring is 1. The summed E-state index contributed by atoms with van der Waals surface area (Å²) >= 11 is 2.95. The summed E-state index contributed by atoms with van der Waals surface area (Å²) in [7, 11) is -3.78. The number of nitrogens with one attached hydrogen (secondary N) is 1. The monoisotopic (exact) mass is 352 g/mol. The van der Waals surface area contributed by atoms with Crippen LogP contribution in [0.25, 0.3) is 0 Å². The molecule has 1 aromatic carbocycles. The summed E-state index contributed by atoms with van der Waals surface area (Å²) < 4.78 is 45.4. The summed E-state index contributed by atoms with van der Waals surface area (Å²) in [4.78, 5) is -0.133. The van der Waals surface area contributed by atoms with Gasteiger partial charge in [0.15, 0.2) is 0 Å². The SMILES string of the molecule is Nc1cc(F)c(Br)cc1S(=O)(=O)NC1CCCOC1. The zero-order chi connectivity index (χ0) is 14.0. The van der Waals surface area contributed by atoms with E-state index < -0.39 is 15.8 Å². The van der Waals surface area contributed by atoms with Gasteiger partial charge in [-0.15, -0.1) is 0 Å². The van der Waals surface area contributed by atoms with E-state index in [4.69, 9.17) is 10.5 Å². The molecule has 2 rings (SSSR count). The summed E-state index contributed by atoms with van der Waals surface area (Å²) in [6, 6.07) is 1.87. The Morgan fingerprint density at radius 3 is 2.84 bits per heavy atom. The molecule has 1 saturated heterocycles. The molecule has 1 unspecified atom stereocenters. The molecular weight excluding hydrogens is 339 g/mol. The highest BCUT2D eigenvalue weighted by molar-refractivity contribution is 9.10. The van der Waals surface area contributed by atoms with Crippen molar-refractivity contribution in [1.82, 2.24) is 4.72 Å². The predicted molar refractivity (Wildman–Crippen MR) is 72.7 cm³/mol. The van der Waals surface area contributed by atoms with Crippen molar-refractivity contribution in [3.8, 4) is 0 Å². The highest BCUT2D eigenvalue weighted by Gasteiger charge is 2.25. The molecule has 106 valence electrons. The van der Waals surface area contributed by atoms with Gasteiger partial charge in [0.05, 0.1) is 16.8 Å². The van der Waals surface area contributed by atoms with Crippen molar-refractivity contribution in [3.63, 3.8) is 0 Å². The third kappa shape index (κ3) is 3.44. The molecule has 5 nitrogen and oxygen atoms in total.